The minimum absolute atomic E-state index is 0.00204. The Morgan fingerprint density at radius 1 is 1.28 bits per heavy atom. The summed E-state index contributed by atoms with van der Waals surface area (Å²) in [5.74, 6) is -0.330. The van der Waals surface area contributed by atoms with Crippen LogP contribution in [-0.2, 0) is 16.1 Å². The second kappa shape index (κ2) is 4.95. The predicted molar refractivity (Wildman–Crippen MR) is 62.8 cm³/mol. The van der Waals surface area contributed by atoms with Crippen LogP contribution in [0.1, 0.15) is 18.4 Å². The van der Waals surface area contributed by atoms with Gasteiger partial charge in [0.05, 0.1) is 17.9 Å². The van der Waals surface area contributed by atoms with Gasteiger partial charge >= 0.3 is 0 Å². The van der Waals surface area contributed by atoms with Crippen molar-refractivity contribution in [1.82, 2.24) is 4.90 Å². The first-order valence-electron chi connectivity index (χ1n) is 5.59. The van der Waals surface area contributed by atoms with E-state index in [-0.39, 0.29) is 30.3 Å². The number of benzene rings is 1. The molecule has 1 fully saturated rings. The van der Waals surface area contributed by atoms with Crippen LogP contribution in [0.25, 0.3) is 0 Å². The first kappa shape index (κ1) is 12.2. The number of hydrogen-bond donors (Lipinski definition) is 0. The molecule has 1 aromatic rings. The number of nitro groups is 1. The van der Waals surface area contributed by atoms with E-state index in [0.717, 1.165) is 0 Å². The number of para-hydroxylation sites is 1. The third-order valence-electron chi connectivity index (χ3n) is 2.91. The molecule has 1 heterocycles. The van der Waals surface area contributed by atoms with Crippen LogP contribution in [0.2, 0.25) is 0 Å². The number of piperidine rings is 1. The van der Waals surface area contributed by atoms with Crippen LogP contribution < -0.4 is 0 Å². The summed E-state index contributed by atoms with van der Waals surface area (Å²) in [7, 11) is 0. The lowest BCUT2D eigenvalue weighted by Crippen LogP contribution is -2.38. The number of rotatable bonds is 3. The first-order chi connectivity index (χ1) is 8.58. The summed E-state index contributed by atoms with van der Waals surface area (Å²) in [6.07, 6.45) is 0.229. The van der Waals surface area contributed by atoms with Gasteiger partial charge in [0.25, 0.3) is 5.69 Å². The zero-order valence-corrected chi connectivity index (χ0v) is 9.67. The molecular formula is C12H12N2O4. The van der Waals surface area contributed by atoms with Gasteiger partial charge < -0.3 is 4.90 Å². The van der Waals surface area contributed by atoms with E-state index in [9.17, 15) is 19.7 Å². The Kier molecular flexibility index (Phi) is 3.36. The van der Waals surface area contributed by atoms with E-state index in [4.69, 9.17) is 0 Å². The fourth-order valence-corrected chi connectivity index (χ4v) is 1.95. The maximum Gasteiger partial charge on any atom is 0.274 e. The van der Waals surface area contributed by atoms with Gasteiger partial charge in [-0.05, 0) is 0 Å². The normalized spacial score (nSPS) is 15.9. The monoisotopic (exact) mass is 248 g/mol. The van der Waals surface area contributed by atoms with Gasteiger partial charge in [0.2, 0.25) is 5.91 Å². The number of nitrogens with zero attached hydrogens (tertiary/aromatic N) is 2. The number of hydrogen-bond acceptors (Lipinski definition) is 4. The molecule has 0 radical (unpaired) electrons. The summed E-state index contributed by atoms with van der Waals surface area (Å²) >= 11 is 0. The SMILES string of the molecule is O=C1CCN(Cc2ccccc2[N+](=O)[O-])C(=O)C1. The summed E-state index contributed by atoms with van der Waals surface area (Å²) in [6, 6.07) is 6.32. The maximum absolute atomic E-state index is 11.6. The molecule has 0 bridgehead atoms. The number of carbonyl (C=O) groups excluding carboxylic acids is 2. The van der Waals surface area contributed by atoms with E-state index >= 15 is 0 Å². The maximum atomic E-state index is 11.6. The van der Waals surface area contributed by atoms with Crippen molar-refractivity contribution in [3.63, 3.8) is 0 Å². The molecule has 1 saturated heterocycles. The highest BCUT2D eigenvalue weighted by atomic mass is 16.6. The molecule has 1 aromatic carbocycles. The number of carbonyl (C=O) groups is 2. The summed E-state index contributed by atoms with van der Waals surface area (Å²) in [6.45, 7) is 0.521. The topological polar surface area (TPSA) is 80.5 Å². The number of amides is 1. The van der Waals surface area contributed by atoms with Crippen LogP contribution in [-0.4, -0.2) is 28.1 Å². The Hall–Kier alpha value is -2.24. The molecule has 94 valence electrons. The average Bonchev–Trinajstić information content (AvgIpc) is 2.33. The number of nitro benzene ring substituents is 1. The molecule has 1 amide bonds. The molecule has 6 nitrogen and oxygen atoms in total. The van der Waals surface area contributed by atoms with Crippen LogP contribution in [0.15, 0.2) is 24.3 Å². The molecule has 0 unspecified atom stereocenters. The largest absolute Gasteiger partial charge is 0.337 e. The van der Waals surface area contributed by atoms with E-state index < -0.39 is 4.92 Å². The van der Waals surface area contributed by atoms with Crippen molar-refractivity contribution in [3.05, 3.63) is 39.9 Å². The Balaban J connectivity index is 2.17. The lowest BCUT2D eigenvalue weighted by Gasteiger charge is -2.25. The van der Waals surface area contributed by atoms with Gasteiger partial charge in [0.15, 0.2) is 0 Å². The molecule has 0 spiro atoms. The lowest BCUT2D eigenvalue weighted by atomic mass is 10.1. The summed E-state index contributed by atoms with van der Waals surface area (Å²) in [5, 5.41) is 10.8. The van der Waals surface area contributed by atoms with Crippen LogP contribution >= 0.6 is 0 Å². The quantitative estimate of drug-likeness (QED) is 0.458. The highest BCUT2D eigenvalue weighted by Gasteiger charge is 2.25. The van der Waals surface area contributed by atoms with Crippen LogP contribution in [0, 0.1) is 10.1 Å². The Bertz CT molecular complexity index is 513. The minimum atomic E-state index is -0.463. The van der Waals surface area contributed by atoms with Crippen molar-refractivity contribution in [2.75, 3.05) is 6.54 Å². The molecular weight excluding hydrogens is 236 g/mol. The fourth-order valence-electron chi connectivity index (χ4n) is 1.95. The highest BCUT2D eigenvalue weighted by molar-refractivity contribution is 6.00. The second-order valence-electron chi connectivity index (χ2n) is 4.17. The van der Waals surface area contributed by atoms with E-state index in [0.29, 0.717) is 18.5 Å². The van der Waals surface area contributed by atoms with Gasteiger partial charge in [-0.2, -0.15) is 0 Å². The van der Waals surface area contributed by atoms with Crippen molar-refractivity contribution in [2.45, 2.75) is 19.4 Å². The average molecular weight is 248 g/mol. The van der Waals surface area contributed by atoms with Crippen molar-refractivity contribution in [1.29, 1.82) is 0 Å². The van der Waals surface area contributed by atoms with Gasteiger partial charge in [-0.1, -0.05) is 18.2 Å². The van der Waals surface area contributed by atoms with Crippen molar-refractivity contribution in [2.24, 2.45) is 0 Å². The molecule has 18 heavy (non-hydrogen) atoms. The predicted octanol–water partition coefficient (Wildman–Crippen LogP) is 1.29. The van der Waals surface area contributed by atoms with Crippen molar-refractivity contribution < 1.29 is 14.5 Å². The molecule has 0 saturated carbocycles. The molecule has 6 heteroatoms. The third-order valence-corrected chi connectivity index (χ3v) is 2.91. The van der Waals surface area contributed by atoms with Crippen molar-refractivity contribution >= 4 is 17.4 Å². The van der Waals surface area contributed by atoms with E-state index in [1.54, 1.807) is 18.2 Å². The summed E-state index contributed by atoms with van der Waals surface area (Å²) in [5.41, 5.74) is 0.493. The lowest BCUT2D eigenvalue weighted by molar-refractivity contribution is -0.385. The fraction of sp³-hybridized carbons (Fsp3) is 0.333. The van der Waals surface area contributed by atoms with Gasteiger partial charge in [-0.15, -0.1) is 0 Å². The molecule has 2 rings (SSSR count). The van der Waals surface area contributed by atoms with Gasteiger partial charge in [-0.25, -0.2) is 0 Å². The van der Waals surface area contributed by atoms with Crippen LogP contribution in [0.3, 0.4) is 0 Å². The number of likely N-dealkylation sites (tertiary alicyclic amines) is 1. The molecule has 1 aliphatic heterocycles. The van der Waals surface area contributed by atoms with E-state index in [1.807, 2.05) is 0 Å². The van der Waals surface area contributed by atoms with Crippen LogP contribution in [0.5, 0.6) is 0 Å². The van der Waals surface area contributed by atoms with E-state index in [2.05, 4.69) is 0 Å². The molecule has 0 aliphatic carbocycles. The summed E-state index contributed by atoms with van der Waals surface area (Å²) in [4.78, 5) is 34.6. The van der Waals surface area contributed by atoms with Gasteiger partial charge in [0.1, 0.15) is 5.78 Å². The van der Waals surface area contributed by atoms with Gasteiger partial charge in [0, 0.05) is 24.6 Å². The summed E-state index contributed by atoms with van der Waals surface area (Å²) < 4.78 is 0. The molecule has 0 aromatic heterocycles. The van der Waals surface area contributed by atoms with Crippen LogP contribution in [0.4, 0.5) is 5.69 Å². The Labute approximate surface area is 103 Å². The highest BCUT2D eigenvalue weighted by Crippen LogP contribution is 2.21. The second-order valence-corrected chi connectivity index (χ2v) is 4.17. The zero-order valence-electron chi connectivity index (χ0n) is 9.67. The number of Topliss-reactive ketones (excluding diaryl/α,β-unsaturated/α-hetero) is 1. The molecule has 0 atom stereocenters. The molecule has 1 aliphatic rings. The Morgan fingerprint density at radius 3 is 2.67 bits per heavy atom. The number of ketones is 1. The standard InChI is InChI=1S/C12H12N2O4/c15-10-5-6-13(12(16)7-10)8-9-3-1-2-4-11(9)14(17)18/h1-4H,5-8H2. The van der Waals surface area contributed by atoms with E-state index in [1.165, 1.54) is 11.0 Å². The first-order valence-corrected chi connectivity index (χ1v) is 5.59. The smallest absolute Gasteiger partial charge is 0.274 e. The zero-order chi connectivity index (χ0) is 13.1. The Morgan fingerprint density at radius 2 is 2.00 bits per heavy atom. The molecule has 0 N–H and O–H groups in total. The van der Waals surface area contributed by atoms with Crippen molar-refractivity contribution in [3.8, 4) is 0 Å². The third kappa shape index (κ3) is 2.53. The van der Waals surface area contributed by atoms with Gasteiger partial charge in [-0.3, -0.25) is 19.7 Å². The minimum Gasteiger partial charge on any atom is -0.337 e.